The molecule has 0 bridgehead atoms. The molecule has 7 heteroatoms. The van der Waals surface area contributed by atoms with Gasteiger partial charge in [0.2, 0.25) is 0 Å². The van der Waals surface area contributed by atoms with Crippen molar-refractivity contribution in [2.24, 2.45) is 0 Å². The van der Waals surface area contributed by atoms with E-state index in [2.05, 4.69) is 0 Å². The van der Waals surface area contributed by atoms with E-state index in [1.807, 2.05) is 66.1 Å². The van der Waals surface area contributed by atoms with Crippen LogP contribution in [0.1, 0.15) is 24.1 Å². The van der Waals surface area contributed by atoms with Crippen LogP contribution in [0, 0.1) is 5.82 Å². The number of para-hydroxylation sites is 2. The number of halogens is 1. The van der Waals surface area contributed by atoms with Gasteiger partial charge in [0.1, 0.15) is 23.0 Å². The first-order valence-corrected chi connectivity index (χ1v) is 11.1. The fraction of sp³-hybridized carbons (Fsp3) is 0.111. The molecule has 0 saturated heterocycles. The number of hydrogen-bond donors (Lipinski definition) is 0. The molecular formula is C27H20FN5O. The highest BCUT2D eigenvalue weighted by molar-refractivity contribution is 6.04. The number of rotatable bonds is 4. The van der Waals surface area contributed by atoms with Gasteiger partial charge in [-0.15, -0.1) is 0 Å². The molecule has 34 heavy (non-hydrogen) atoms. The van der Waals surface area contributed by atoms with Crippen LogP contribution in [0.3, 0.4) is 0 Å². The van der Waals surface area contributed by atoms with Gasteiger partial charge in [0.25, 0.3) is 5.56 Å². The second-order valence-electron chi connectivity index (χ2n) is 8.34. The van der Waals surface area contributed by atoms with Gasteiger partial charge in [-0.3, -0.25) is 9.36 Å². The average Bonchev–Trinajstić information content (AvgIpc) is 3.17. The predicted molar refractivity (Wildman–Crippen MR) is 130 cm³/mol. The molecule has 0 amide bonds. The molecule has 3 heterocycles. The fourth-order valence-corrected chi connectivity index (χ4v) is 4.41. The zero-order valence-corrected chi connectivity index (χ0v) is 18.4. The molecule has 0 aliphatic carbocycles. The van der Waals surface area contributed by atoms with Gasteiger partial charge in [-0.2, -0.15) is 0 Å². The van der Waals surface area contributed by atoms with Crippen molar-refractivity contribution in [1.82, 2.24) is 24.1 Å². The summed E-state index contributed by atoms with van der Waals surface area (Å²) in [7, 11) is 0. The number of nitrogens with zero attached hydrogens (tertiary/aromatic N) is 5. The van der Waals surface area contributed by atoms with Crippen LogP contribution in [0.25, 0.3) is 33.2 Å². The Kier molecular flexibility index (Phi) is 4.69. The summed E-state index contributed by atoms with van der Waals surface area (Å²) in [6.07, 6.45) is 1.59. The second-order valence-corrected chi connectivity index (χ2v) is 8.34. The minimum absolute atomic E-state index is 0.172. The van der Waals surface area contributed by atoms with Crippen molar-refractivity contribution < 1.29 is 4.39 Å². The lowest BCUT2D eigenvalue weighted by molar-refractivity contribution is 0.607. The SMILES string of the molecule is C[C@H](c1ccccc1)n1cnc2c(c1=O)c1nc3ccccc3nc1n2Cc1ccc(F)cc1. The van der Waals surface area contributed by atoms with E-state index in [0.717, 1.165) is 16.6 Å². The lowest BCUT2D eigenvalue weighted by Gasteiger charge is -2.15. The molecule has 0 radical (unpaired) electrons. The Balaban J connectivity index is 1.64. The summed E-state index contributed by atoms with van der Waals surface area (Å²) in [5.41, 5.74) is 4.76. The quantitative estimate of drug-likeness (QED) is 0.376. The third-order valence-corrected chi connectivity index (χ3v) is 6.23. The molecule has 0 fully saturated rings. The summed E-state index contributed by atoms with van der Waals surface area (Å²) < 4.78 is 17.0. The van der Waals surface area contributed by atoms with Crippen LogP contribution < -0.4 is 5.56 Å². The van der Waals surface area contributed by atoms with E-state index in [-0.39, 0.29) is 17.4 Å². The number of fused-ring (bicyclic) bond motifs is 4. The van der Waals surface area contributed by atoms with Crippen molar-refractivity contribution in [3.8, 4) is 0 Å². The monoisotopic (exact) mass is 449 g/mol. The van der Waals surface area contributed by atoms with Gasteiger partial charge in [0, 0.05) is 0 Å². The van der Waals surface area contributed by atoms with E-state index in [1.165, 1.54) is 12.1 Å². The van der Waals surface area contributed by atoms with Crippen molar-refractivity contribution in [3.05, 3.63) is 112 Å². The molecule has 0 unspecified atom stereocenters. The third-order valence-electron chi connectivity index (χ3n) is 6.23. The van der Waals surface area contributed by atoms with Crippen molar-refractivity contribution >= 4 is 33.2 Å². The van der Waals surface area contributed by atoms with Crippen LogP contribution >= 0.6 is 0 Å². The van der Waals surface area contributed by atoms with Gasteiger partial charge >= 0.3 is 0 Å². The van der Waals surface area contributed by atoms with E-state index in [9.17, 15) is 9.18 Å². The Labute approximate surface area is 194 Å². The molecule has 0 spiro atoms. The lowest BCUT2D eigenvalue weighted by atomic mass is 10.1. The number of benzene rings is 3. The topological polar surface area (TPSA) is 65.6 Å². The van der Waals surface area contributed by atoms with Crippen LogP contribution in [-0.4, -0.2) is 24.1 Å². The van der Waals surface area contributed by atoms with E-state index in [0.29, 0.717) is 34.3 Å². The number of hydrogen-bond acceptors (Lipinski definition) is 4. The van der Waals surface area contributed by atoms with Crippen LogP contribution in [0.2, 0.25) is 0 Å². The minimum Gasteiger partial charge on any atom is -0.304 e. The van der Waals surface area contributed by atoms with Gasteiger partial charge in [-0.05, 0) is 42.3 Å². The smallest absolute Gasteiger partial charge is 0.265 e. The lowest BCUT2D eigenvalue weighted by Crippen LogP contribution is -2.24. The molecular weight excluding hydrogens is 429 g/mol. The van der Waals surface area contributed by atoms with E-state index >= 15 is 0 Å². The Morgan fingerprint density at radius 1 is 0.853 bits per heavy atom. The van der Waals surface area contributed by atoms with Gasteiger partial charge in [-0.1, -0.05) is 54.6 Å². The van der Waals surface area contributed by atoms with E-state index in [1.54, 1.807) is 23.0 Å². The standard InChI is InChI=1S/C27H20FN5O/c1-17(19-7-3-2-4-8-19)33-16-29-25-23(27(33)34)24-26(31-22-10-6-5-9-21(22)30-24)32(25)15-18-11-13-20(28)14-12-18/h2-14,16-17H,15H2,1H3/t17-/m1/s1. The van der Waals surface area contributed by atoms with Gasteiger partial charge in [-0.25, -0.2) is 19.3 Å². The molecule has 6 nitrogen and oxygen atoms in total. The molecule has 6 aromatic rings. The summed E-state index contributed by atoms with van der Waals surface area (Å²) in [5, 5.41) is 0.431. The first-order valence-electron chi connectivity index (χ1n) is 11.1. The van der Waals surface area contributed by atoms with Crippen molar-refractivity contribution in [2.45, 2.75) is 19.5 Å². The molecule has 1 atom stereocenters. The van der Waals surface area contributed by atoms with E-state index < -0.39 is 0 Å². The largest absolute Gasteiger partial charge is 0.304 e. The molecule has 0 aliphatic rings. The summed E-state index contributed by atoms with van der Waals surface area (Å²) in [4.78, 5) is 28.2. The van der Waals surface area contributed by atoms with Crippen molar-refractivity contribution in [1.29, 1.82) is 0 Å². The third kappa shape index (κ3) is 3.25. The summed E-state index contributed by atoms with van der Waals surface area (Å²) in [6.45, 7) is 2.36. The Bertz CT molecular complexity index is 1720. The highest BCUT2D eigenvalue weighted by Gasteiger charge is 2.21. The zero-order valence-electron chi connectivity index (χ0n) is 18.4. The Hall–Kier alpha value is -4.39. The number of aromatic nitrogens is 5. The van der Waals surface area contributed by atoms with Crippen LogP contribution in [0.4, 0.5) is 4.39 Å². The van der Waals surface area contributed by atoms with Crippen LogP contribution in [0.5, 0.6) is 0 Å². The second kappa shape index (κ2) is 7.88. The maximum absolute atomic E-state index is 13.8. The van der Waals surface area contributed by atoms with Crippen LogP contribution in [0.15, 0.2) is 90.0 Å². The highest BCUT2D eigenvalue weighted by atomic mass is 19.1. The predicted octanol–water partition coefficient (Wildman–Crippen LogP) is 5.09. The zero-order chi connectivity index (χ0) is 23.2. The maximum Gasteiger partial charge on any atom is 0.265 e. The van der Waals surface area contributed by atoms with Crippen LogP contribution in [-0.2, 0) is 6.54 Å². The molecule has 166 valence electrons. The first kappa shape index (κ1) is 20.2. The molecule has 0 aliphatic heterocycles. The highest BCUT2D eigenvalue weighted by Crippen LogP contribution is 2.27. The molecule has 6 rings (SSSR count). The maximum atomic E-state index is 13.8. The minimum atomic E-state index is -0.298. The van der Waals surface area contributed by atoms with E-state index in [4.69, 9.17) is 15.0 Å². The fourth-order valence-electron chi connectivity index (χ4n) is 4.41. The van der Waals surface area contributed by atoms with Gasteiger partial charge < -0.3 is 4.57 Å². The Morgan fingerprint density at radius 2 is 1.53 bits per heavy atom. The van der Waals surface area contributed by atoms with Crippen molar-refractivity contribution in [3.63, 3.8) is 0 Å². The Morgan fingerprint density at radius 3 is 2.26 bits per heavy atom. The normalized spacial score (nSPS) is 12.5. The molecule has 3 aromatic carbocycles. The average molecular weight is 449 g/mol. The van der Waals surface area contributed by atoms with Gasteiger partial charge in [0.05, 0.1) is 23.6 Å². The molecule has 3 aromatic heterocycles. The summed E-state index contributed by atoms with van der Waals surface area (Å²) in [6, 6.07) is 23.5. The van der Waals surface area contributed by atoms with Crippen molar-refractivity contribution in [2.75, 3.05) is 0 Å². The molecule has 0 N–H and O–H groups in total. The first-order chi connectivity index (χ1) is 16.6. The van der Waals surface area contributed by atoms with Gasteiger partial charge in [0.15, 0.2) is 11.3 Å². The summed E-state index contributed by atoms with van der Waals surface area (Å²) in [5.74, 6) is -0.298. The summed E-state index contributed by atoms with van der Waals surface area (Å²) >= 11 is 0. The molecule has 0 saturated carbocycles.